The lowest BCUT2D eigenvalue weighted by Gasteiger charge is -2.41. The zero-order valence-corrected chi connectivity index (χ0v) is 22.6. The van der Waals surface area contributed by atoms with Gasteiger partial charge in [0.25, 0.3) is 11.8 Å². The minimum absolute atomic E-state index is 0.256. The zero-order valence-electron chi connectivity index (χ0n) is 22.6. The van der Waals surface area contributed by atoms with Crippen LogP contribution >= 0.6 is 0 Å². The van der Waals surface area contributed by atoms with E-state index in [2.05, 4.69) is 47.9 Å². The van der Waals surface area contributed by atoms with E-state index in [0.717, 1.165) is 61.5 Å². The highest BCUT2D eigenvalue weighted by Gasteiger charge is 2.42. The van der Waals surface area contributed by atoms with E-state index in [4.69, 9.17) is 0 Å². The summed E-state index contributed by atoms with van der Waals surface area (Å²) in [5.74, 6) is 2.10. The lowest BCUT2D eigenvalue weighted by atomic mass is 9.75. The van der Waals surface area contributed by atoms with E-state index in [1.165, 1.54) is 43.2 Å². The van der Waals surface area contributed by atoms with E-state index >= 15 is 0 Å². The third-order valence-corrected chi connectivity index (χ3v) is 10.1. The zero-order chi connectivity index (χ0) is 25.5. The second kappa shape index (κ2) is 10.3. The van der Waals surface area contributed by atoms with Crippen LogP contribution in [0.25, 0.3) is 0 Å². The predicted molar refractivity (Wildman–Crippen MR) is 147 cm³/mol. The first-order chi connectivity index (χ1) is 18.1. The van der Waals surface area contributed by atoms with Gasteiger partial charge in [-0.2, -0.15) is 0 Å². The number of benzene rings is 2. The van der Waals surface area contributed by atoms with Crippen LogP contribution in [0.5, 0.6) is 0 Å². The molecule has 37 heavy (non-hydrogen) atoms. The molecule has 2 fully saturated rings. The van der Waals surface area contributed by atoms with Crippen molar-refractivity contribution < 1.29 is 9.59 Å². The van der Waals surface area contributed by atoms with Gasteiger partial charge >= 0.3 is 0 Å². The molecule has 2 aromatic carbocycles. The second-order valence-electron chi connectivity index (χ2n) is 12.0. The predicted octanol–water partition coefficient (Wildman–Crippen LogP) is 7.71. The number of hydrogen-bond acceptors (Lipinski definition) is 2. The first-order valence-corrected chi connectivity index (χ1v) is 14.9. The Kier molecular flexibility index (Phi) is 6.86. The molecule has 4 aliphatic rings. The average Bonchev–Trinajstić information content (AvgIpc) is 3.40. The summed E-state index contributed by atoms with van der Waals surface area (Å²) in [5.41, 5.74) is 4.33. The maximum Gasteiger partial charge on any atom is 0.254 e. The Morgan fingerprint density at radius 1 is 0.595 bits per heavy atom. The van der Waals surface area contributed by atoms with Gasteiger partial charge in [-0.3, -0.25) is 9.59 Å². The molecule has 0 N–H and O–H groups in total. The molecule has 2 amide bonds. The van der Waals surface area contributed by atoms with E-state index in [1.54, 1.807) is 0 Å². The normalized spacial score (nSPS) is 31.5. The van der Waals surface area contributed by atoms with Crippen LogP contribution in [-0.2, 0) is 0 Å². The summed E-state index contributed by atoms with van der Waals surface area (Å²) < 4.78 is 0. The summed E-state index contributed by atoms with van der Waals surface area (Å²) in [5, 5.41) is 0. The summed E-state index contributed by atoms with van der Waals surface area (Å²) in [6.45, 7) is 4.43. The Hall–Kier alpha value is -2.62. The molecule has 0 radical (unpaired) electrons. The van der Waals surface area contributed by atoms with Crippen molar-refractivity contribution in [2.75, 3.05) is 0 Å². The topological polar surface area (TPSA) is 40.6 Å². The standard InChI is InChI=1S/C33H42N2O2/c1-3-30-26-9-5-7-11-28(26)32(36)34(30)24-17-13-22(14-18-24)21-23-15-19-25(20-16-23)35-31(4-2)27-10-6-8-12-29(27)33(35)37/h5-12,22-25,30-31H,3-4,13-21H2,1-2H3/t22?,23?,24?,25?,30-,31-/m0/s1. The fraction of sp³-hybridized carbons (Fsp3) is 0.576. The highest BCUT2D eigenvalue weighted by molar-refractivity contribution is 6.00. The number of nitrogens with zero attached hydrogens (tertiary/aromatic N) is 2. The second-order valence-corrected chi connectivity index (χ2v) is 12.0. The lowest BCUT2D eigenvalue weighted by molar-refractivity contribution is 0.0487. The molecule has 0 spiro atoms. The molecule has 2 heterocycles. The molecule has 0 aromatic heterocycles. The molecule has 2 aromatic rings. The van der Waals surface area contributed by atoms with E-state index in [0.29, 0.717) is 12.1 Å². The van der Waals surface area contributed by atoms with Crippen LogP contribution in [0.2, 0.25) is 0 Å². The summed E-state index contributed by atoms with van der Waals surface area (Å²) >= 11 is 0. The van der Waals surface area contributed by atoms with Crippen molar-refractivity contribution in [1.82, 2.24) is 9.80 Å². The van der Waals surface area contributed by atoms with Crippen molar-refractivity contribution in [3.05, 3.63) is 70.8 Å². The van der Waals surface area contributed by atoms with E-state index in [1.807, 2.05) is 24.3 Å². The van der Waals surface area contributed by atoms with Gasteiger partial charge in [0.05, 0.1) is 12.1 Å². The number of fused-ring (bicyclic) bond motifs is 2. The Balaban J connectivity index is 1.01. The van der Waals surface area contributed by atoms with Crippen molar-refractivity contribution in [2.24, 2.45) is 11.8 Å². The van der Waals surface area contributed by atoms with E-state index in [9.17, 15) is 9.59 Å². The first kappa shape index (κ1) is 24.7. The molecular formula is C33H42N2O2. The van der Waals surface area contributed by atoms with Gasteiger partial charge in [-0.15, -0.1) is 0 Å². The van der Waals surface area contributed by atoms with Gasteiger partial charge in [0.2, 0.25) is 0 Å². The molecule has 196 valence electrons. The van der Waals surface area contributed by atoms with Crippen LogP contribution in [-0.4, -0.2) is 33.7 Å². The van der Waals surface area contributed by atoms with Crippen LogP contribution in [0, 0.1) is 11.8 Å². The van der Waals surface area contributed by atoms with Gasteiger partial charge in [0, 0.05) is 23.2 Å². The smallest absolute Gasteiger partial charge is 0.254 e. The van der Waals surface area contributed by atoms with Gasteiger partial charge in [-0.1, -0.05) is 50.2 Å². The summed E-state index contributed by atoms with van der Waals surface area (Å²) in [4.78, 5) is 31.0. The average molecular weight is 499 g/mol. The molecule has 0 unspecified atom stereocenters. The van der Waals surface area contributed by atoms with Crippen molar-refractivity contribution in [3.63, 3.8) is 0 Å². The molecule has 6 rings (SSSR count). The maximum atomic E-state index is 13.2. The van der Waals surface area contributed by atoms with Gasteiger partial charge in [-0.25, -0.2) is 0 Å². The molecule has 2 atom stereocenters. The molecule has 0 saturated heterocycles. The van der Waals surface area contributed by atoms with E-state index < -0.39 is 0 Å². The first-order valence-electron chi connectivity index (χ1n) is 14.9. The Bertz CT molecular complexity index is 1050. The minimum atomic E-state index is 0.256. The SMILES string of the molecule is CC[C@H]1c2ccccc2C(=O)N1C1CCC(CC2CCC(N3C(=O)c4ccccc4[C@@H]3CC)CC2)CC1. The summed E-state index contributed by atoms with van der Waals surface area (Å²) in [6.07, 6.45) is 12.9. The van der Waals surface area contributed by atoms with Crippen LogP contribution < -0.4 is 0 Å². The molecule has 2 saturated carbocycles. The fourth-order valence-electron chi connectivity index (χ4n) is 8.29. The highest BCUT2D eigenvalue weighted by atomic mass is 16.2. The molecule has 4 nitrogen and oxygen atoms in total. The third-order valence-electron chi connectivity index (χ3n) is 10.1. The highest BCUT2D eigenvalue weighted by Crippen LogP contribution is 2.45. The van der Waals surface area contributed by atoms with Crippen molar-refractivity contribution >= 4 is 11.8 Å². The summed E-state index contributed by atoms with van der Waals surface area (Å²) in [7, 11) is 0. The number of hydrogen-bond donors (Lipinski definition) is 0. The quantitative estimate of drug-likeness (QED) is 0.409. The van der Waals surface area contributed by atoms with Gasteiger partial charge in [0.15, 0.2) is 0 Å². The Labute approximate surface area is 222 Å². The minimum Gasteiger partial charge on any atom is -0.329 e. The third kappa shape index (κ3) is 4.30. The van der Waals surface area contributed by atoms with Crippen molar-refractivity contribution in [1.29, 1.82) is 0 Å². The molecule has 2 aliphatic carbocycles. The van der Waals surface area contributed by atoms with Crippen LogP contribution in [0.15, 0.2) is 48.5 Å². The van der Waals surface area contributed by atoms with E-state index in [-0.39, 0.29) is 23.9 Å². The van der Waals surface area contributed by atoms with Gasteiger partial charge < -0.3 is 9.80 Å². The number of carbonyl (C=O) groups is 2. The van der Waals surface area contributed by atoms with Crippen LogP contribution in [0.3, 0.4) is 0 Å². The van der Waals surface area contributed by atoms with Crippen LogP contribution in [0.1, 0.15) is 128 Å². The Morgan fingerprint density at radius 2 is 0.973 bits per heavy atom. The number of carbonyl (C=O) groups excluding carboxylic acids is 2. The van der Waals surface area contributed by atoms with Crippen molar-refractivity contribution in [3.8, 4) is 0 Å². The number of rotatable bonds is 6. The Morgan fingerprint density at radius 3 is 1.35 bits per heavy atom. The largest absolute Gasteiger partial charge is 0.329 e. The van der Waals surface area contributed by atoms with Crippen LogP contribution in [0.4, 0.5) is 0 Å². The molecule has 0 bridgehead atoms. The van der Waals surface area contributed by atoms with Gasteiger partial charge in [-0.05, 0) is 106 Å². The molecular weight excluding hydrogens is 456 g/mol. The van der Waals surface area contributed by atoms with Gasteiger partial charge in [0.1, 0.15) is 0 Å². The number of amides is 2. The van der Waals surface area contributed by atoms with Crippen molar-refractivity contribution in [2.45, 2.75) is 109 Å². The lowest BCUT2D eigenvalue weighted by Crippen LogP contribution is -2.41. The maximum absolute atomic E-state index is 13.2. The molecule has 4 heteroatoms. The monoisotopic (exact) mass is 498 g/mol. The summed E-state index contributed by atoms with van der Waals surface area (Å²) in [6, 6.07) is 17.8. The molecule has 2 aliphatic heterocycles. The fourth-order valence-corrected chi connectivity index (χ4v) is 8.29.